The molecular formula is C15H28N2O2S. The molecule has 3 rings (SSSR count). The fourth-order valence-electron chi connectivity index (χ4n) is 4.37. The molecule has 3 fully saturated rings. The van der Waals surface area contributed by atoms with Gasteiger partial charge in [-0.2, -0.15) is 0 Å². The molecule has 3 aliphatic rings. The molecule has 3 atom stereocenters. The Morgan fingerprint density at radius 3 is 2.50 bits per heavy atom. The van der Waals surface area contributed by atoms with Gasteiger partial charge in [-0.1, -0.05) is 19.3 Å². The van der Waals surface area contributed by atoms with Crippen LogP contribution < -0.4 is 10.0 Å². The molecule has 0 amide bonds. The normalized spacial score (nSPS) is 35.9. The van der Waals surface area contributed by atoms with E-state index in [0.717, 1.165) is 44.7 Å². The summed E-state index contributed by atoms with van der Waals surface area (Å²) in [6, 6.07) is 0.185. The lowest BCUT2D eigenvalue weighted by Crippen LogP contribution is -2.42. The highest BCUT2D eigenvalue weighted by atomic mass is 32.2. The summed E-state index contributed by atoms with van der Waals surface area (Å²) in [7, 11) is -3.08. The van der Waals surface area contributed by atoms with Crippen LogP contribution >= 0.6 is 0 Å². The molecular weight excluding hydrogens is 272 g/mol. The first-order valence-corrected chi connectivity index (χ1v) is 9.98. The van der Waals surface area contributed by atoms with Gasteiger partial charge in [0.2, 0.25) is 10.0 Å². The van der Waals surface area contributed by atoms with E-state index in [1.165, 1.54) is 25.7 Å². The first-order chi connectivity index (χ1) is 9.62. The minimum Gasteiger partial charge on any atom is -0.316 e. The Kier molecular flexibility index (Phi) is 4.68. The van der Waals surface area contributed by atoms with Gasteiger partial charge in [-0.25, -0.2) is 13.1 Å². The maximum Gasteiger partial charge on any atom is 0.212 e. The Hall–Kier alpha value is -0.130. The van der Waals surface area contributed by atoms with Crippen molar-refractivity contribution in [2.75, 3.05) is 18.8 Å². The second-order valence-corrected chi connectivity index (χ2v) is 8.89. The molecule has 1 saturated heterocycles. The second-order valence-electron chi connectivity index (χ2n) is 7.09. The molecule has 4 nitrogen and oxygen atoms in total. The summed E-state index contributed by atoms with van der Waals surface area (Å²) in [5.74, 6) is 2.22. The summed E-state index contributed by atoms with van der Waals surface area (Å²) in [5.41, 5.74) is 0. The zero-order valence-electron chi connectivity index (χ0n) is 12.3. The fourth-order valence-corrected chi connectivity index (χ4v) is 6.14. The van der Waals surface area contributed by atoms with E-state index in [1.54, 1.807) is 0 Å². The van der Waals surface area contributed by atoms with Gasteiger partial charge in [0.15, 0.2) is 0 Å². The SMILES string of the molecule is O=S(=O)(CC1CCCCC1)NC1CC[C@H]2CNC[C@H]2C1. The van der Waals surface area contributed by atoms with Crippen molar-refractivity contribution in [2.24, 2.45) is 17.8 Å². The van der Waals surface area contributed by atoms with Crippen molar-refractivity contribution in [1.29, 1.82) is 0 Å². The molecule has 0 aromatic carbocycles. The Morgan fingerprint density at radius 1 is 0.950 bits per heavy atom. The van der Waals surface area contributed by atoms with Gasteiger partial charge in [-0.15, -0.1) is 0 Å². The highest BCUT2D eigenvalue weighted by molar-refractivity contribution is 7.89. The number of hydrogen-bond donors (Lipinski definition) is 2. The summed E-state index contributed by atoms with van der Waals surface area (Å²) >= 11 is 0. The largest absolute Gasteiger partial charge is 0.316 e. The van der Waals surface area contributed by atoms with Crippen LogP contribution in [0.25, 0.3) is 0 Å². The van der Waals surface area contributed by atoms with E-state index in [0.29, 0.717) is 17.6 Å². The third-order valence-corrected chi connectivity index (χ3v) is 7.08. The molecule has 0 aromatic rings. The maximum absolute atomic E-state index is 12.3. The molecule has 0 spiro atoms. The van der Waals surface area contributed by atoms with Crippen LogP contribution in [0.1, 0.15) is 51.4 Å². The number of hydrogen-bond acceptors (Lipinski definition) is 3. The predicted octanol–water partition coefficient (Wildman–Crippen LogP) is 1.87. The van der Waals surface area contributed by atoms with Crippen molar-refractivity contribution in [3.63, 3.8) is 0 Å². The number of sulfonamides is 1. The van der Waals surface area contributed by atoms with Gasteiger partial charge >= 0.3 is 0 Å². The molecule has 0 aromatic heterocycles. The molecule has 2 aliphatic carbocycles. The monoisotopic (exact) mass is 300 g/mol. The zero-order chi connectivity index (χ0) is 14.0. The van der Waals surface area contributed by atoms with Crippen LogP contribution in [0.2, 0.25) is 0 Å². The van der Waals surface area contributed by atoms with Crippen LogP contribution in [-0.2, 0) is 10.0 Å². The average molecular weight is 300 g/mol. The van der Waals surface area contributed by atoms with Crippen LogP contribution in [0.3, 0.4) is 0 Å². The smallest absolute Gasteiger partial charge is 0.212 e. The van der Waals surface area contributed by atoms with Crippen molar-refractivity contribution < 1.29 is 8.42 Å². The molecule has 116 valence electrons. The van der Waals surface area contributed by atoms with E-state index in [9.17, 15) is 8.42 Å². The highest BCUT2D eigenvalue weighted by Crippen LogP contribution is 2.33. The topological polar surface area (TPSA) is 58.2 Å². The average Bonchev–Trinajstić information content (AvgIpc) is 2.86. The number of fused-ring (bicyclic) bond motifs is 1. The van der Waals surface area contributed by atoms with Gasteiger partial charge in [-0.3, -0.25) is 0 Å². The van der Waals surface area contributed by atoms with Gasteiger partial charge in [0.25, 0.3) is 0 Å². The standard InChI is InChI=1S/C15H28N2O2S/c18-20(19,11-12-4-2-1-3-5-12)17-15-7-6-13-9-16-10-14(13)8-15/h12-17H,1-11H2/t13-,14+,15?/m0/s1. The van der Waals surface area contributed by atoms with Gasteiger partial charge < -0.3 is 5.32 Å². The predicted molar refractivity (Wildman–Crippen MR) is 81.0 cm³/mol. The van der Waals surface area contributed by atoms with Crippen LogP contribution in [0.4, 0.5) is 0 Å². The highest BCUT2D eigenvalue weighted by Gasteiger charge is 2.35. The van der Waals surface area contributed by atoms with Crippen molar-refractivity contribution in [3.8, 4) is 0 Å². The lowest BCUT2D eigenvalue weighted by Gasteiger charge is -2.32. The third kappa shape index (κ3) is 3.74. The third-order valence-electron chi connectivity index (χ3n) is 5.48. The quantitative estimate of drug-likeness (QED) is 0.833. The van der Waals surface area contributed by atoms with Crippen LogP contribution in [0.15, 0.2) is 0 Å². The van der Waals surface area contributed by atoms with Crippen LogP contribution in [0, 0.1) is 17.8 Å². The van der Waals surface area contributed by atoms with E-state index in [1.807, 2.05) is 0 Å². The van der Waals surface area contributed by atoms with Crippen molar-refractivity contribution in [1.82, 2.24) is 10.0 Å². The van der Waals surface area contributed by atoms with E-state index in [2.05, 4.69) is 10.0 Å². The van der Waals surface area contributed by atoms with Gasteiger partial charge in [0.1, 0.15) is 0 Å². The molecule has 1 unspecified atom stereocenters. The van der Waals surface area contributed by atoms with E-state index in [4.69, 9.17) is 0 Å². The molecule has 2 N–H and O–H groups in total. The Balaban J connectivity index is 1.50. The Labute approximate surface area is 123 Å². The van der Waals surface area contributed by atoms with Gasteiger partial charge in [0.05, 0.1) is 5.75 Å². The summed E-state index contributed by atoms with van der Waals surface area (Å²) in [6.45, 7) is 2.21. The van der Waals surface area contributed by atoms with Crippen LogP contribution in [0.5, 0.6) is 0 Å². The molecule has 0 radical (unpaired) electrons. The molecule has 2 saturated carbocycles. The zero-order valence-corrected chi connectivity index (χ0v) is 13.1. The van der Waals surface area contributed by atoms with E-state index >= 15 is 0 Å². The Bertz CT molecular complexity index is 418. The van der Waals surface area contributed by atoms with Crippen molar-refractivity contribution >= 4 is 10.0 Å². The maximum atomic E-state index is 12.3. The van der Waals surface area contributed by atoms with Crippen molar-refractivity contribution in [2.45, 2.75) is 57.4 Å². The number of rotatable bonds is 4. The lowest BCUT2D eigenvalue weighted by molar-refractivity contribution is 0.260. The van der Waals surface area contributed by atoms with Crippen LogP contribution in [-0.4, -0.2) is 33.3 Å². The Morgan fingerprint density at radius 2 is 1.70 bits per heavy atom. The van der Waals surface area contributed by atoms with Gasteiger partial charge in [-0.05, 0) is 62.9 Å². The summed E-state index contributed by atoms with van der Waals surface area (Å²) in [4.78, 5) is 0. The first-order valence-electron chi connectivity index (χ1n) is 8.33. The second kappa shape index (κ2) is 6.32. The lowest BCUT2D eigenvalue weighted by atomic mass is 9.79. The van der Waals surface area contributed by atoms with E-state index in [-0.39, 0.29) is 6.04 Å². The molecule has 1 aliphatic heterocycles. The minimum absolute atomic E-state index is 0.185. The fraction of sp³-hybridized carbons (Fsp3) is 1.00. The summed E-state index contributed by atoms with van der Waals surface area (Å²) in [6.07, 6.45) is 9.11. The molecule has 5 heteroatoms. The van der Waals surface area contributed by atoms with Crippen molar-refractivity contribution in [3.05, 3.63) is 0 Å². The number of nitrogens with one attached hydrogen (secondary N) is 2. The minimum atomic E-state index is -3.08. The molecule has 20 heavy (non-hydrogen) atoms. The summed E-state index contributed by atoms with van der Waals surface area (Å²) in [5, 5.41) is 3.44. The molecule has 1 heterocycles. The van der Waals surface area contributed by atoms with E-state index < -0.39 is 10.0 Å². The van der Waals surface area contributed by atoms with Gasteiger partial charge in [0, 0.05) is 6.04 Å². The molecule has 0 bridgehead atoms. The summed E-state index contributed by atoms with van der Waals surface area (Å²) < 4.78 is 27.7. The first kappa shape index (κ1) is 14.8.